The molecule has 0 radical (unpaired) electrons. The molecule has 1 N–H and O–H groups in total. The van der Waals surface area contributed by atoms with Gasteiger partial charge in [-0.1, -0.05) is 78.9 Å². The number of aromatic amines is 1. The molecule has 0 aliphatic heterocycles. The van der Waals surface area contributed by atoms with Crippen molar-refractivity contribution >= 4 is 21.8 Å². The third-order valence-corrected chi connectivity index (χ3v) is 5.19. The van der Waals surface area contributed by atoms with E-state index < -0.39 is 0 Å². The van der Waals surface area contributed by atoms with Gasteiger partial charge in [-0.25, -0.2) is 0 Å². The highest BCUT2D eigenvalue weighted by atomic mass is 16.1. The van der Waals surface area contributed by atoms with Crippen LogP contribution in [0, 0.1) is 0 Å². The monoisotopic (exact) mass is 350 g/mol. The molecule has 27 heavy (non-hydrogen) atoms. The third-order valence-electron chi connectivity index (χ3n) is 5.19. The SMILES string of the molecule is Cn1c2ccccc2c2c(-c3ccccc3)c(-c3ccccc3)[nH]c(=O)c21. The number of rotatable bonds is 2. The number of benzene rings is 3. The topological polar surface area (TPSA) is 37.8 Å². The quantitative estimate of drug-likeness (QED) is 0.458. The summed E-state index contributed by atoms with van der Waals surface area (Å²) in [5.74, 6) is 0. The lowest BCUT2D eigenvalue weighted by atomic mass is 9.95. The zero-order valence-electron chi connectivity index (χ0n) is 14.9. The molecule has 3 aromatic carbocycles. The van der Waals surface area contributed by atoms with Crippen molar-refractivity contribution in [1.82, 2.24) is 9.55 Å². The summed E-state index contributed by atoms with van der Waals surface area (Å²) in [6, 6.07) is 28.5. The maximum atomic E-state index is 13.1. The van der Waals surface area contributed by atoms with Crippen molar-refractivity contribution in [2.75, 3.05) is 0 Å². The van der Waals surface area contributed by atoms with Gasteiger partial charge in [0.25, 0.3) is 5.56 Å². The van der Waals surface area contributed by atoms with Crippen molar-refractivity contribution in [2.45, 2.75) is 0 Å². The molecule has 0 aliphatic carbocycles. The molecular weight excluding hydrogens is 332 g/mol. The Morgan fingerprint density at radius 3 is 2.04 bits per heavy atom. The minimum atomic E-state index is -0.0674. The summed E-state index contributed by atoms with van der Waals surface area (Å²) in [7, 11) is 1.96. The van der Waals surface area contributed by atoms with Crippen LogP contribution in [0.25, 0.3) is 44.2 Å². The Morgan fingerprint density at radius 1 is 0.741 bits per heavy atom. The highest BCUT2D eigenvalue weighted by Gasteiger charge is 2.20. The molecule has 3 nitrogen and oxygen atoms in total. The number of aromatic nitrogens is 2. The number of hydrogen-bond acceptors (Lipinski definition) is 1. The lowest BCUT2D eigenvalue weighted by Gasteiger charge is -2.12. The fraction of sp³-hybridized carbons (Fsp3) is 0.0417. The zero-order chi connectivity index (χ0) is 18.4. The zero-order valence-corrected chi connectivity index (χ0v) is 14.9. The van der Waals surface area contributed by atoms with Crippen LogP contribution in [0.5, 0.6) is 0 Å². The molecule has 0 amide bonds. The molecule has 3 heteroatoms. The van der Waals surface area contributed by atoms with Gasteiger partial charge in [0.15, 0.2) is 0 Å². The van der Waals surface area contributed by atoms with Crippen LogP contribution < -0.4 is 5.56 Å². The predicted molar refractivity (Wildman–Crippen MR) is 112 cm³/mol. The molecule has 130 valence electrons. The Labute approximate surface area is 156 Å². The smallest absolute Gasteiger partial charge is 0.272 e. The van der Waals surface area contributed by atoms with Crippen molar-refractivity contribution in [3.8, 4) is 22.4 Å². The molecule has 2 heterocycles. The Bertz CT molecular complexity index is 1330. The predicted octanol–water partition coefficient (Wildman–Crippen LogP) is 5.35. The van der Waals surface area contributed by atoms with Crippen LogP contribution in [0.15, 0.2) is 89.7 Å². The number of fused-ring (bicyclic) bond motifs is 3. The summed E-state index contributed by atoms with van der Waals surface area (Å²) < 4.78 is 1.99. The van der Waals surface area contributed by atoms with E-state index in [1.54, 1.807) is 0 Å². The lowest BCUT2D eigenvalue weighted by molar-refractivity contribution is 1.00. The third kappa shape index (κ3) is 2.32. The van der Waals surface area contributed by atoms with Gasteiger partial charge in [-0.15, -0.1) is 0 Å². The molecule has 0 saturated heterocycles. The van der Waals surface area contributed by atoms with Crippen molar-refractivity contribution in [3.05, 3.63) is 95.3 Å². The van der Waals surface area contributed by atoms with E-state index in [4.69, 9.17) is 0 Å². The summed E-state index contributed by atoms with van der Waals surface area (Å²) in [5.41, 5.74) is 5.71. The molecule has 5 aromatic rings. The fourth-order valence-electron chi connectivity index (χ4n) is 3.99. The Hall–Kier alpha value is -3.59. The van der Waals surface area contributed by atoms with Crippen LogP contribution in [0.1, 0.15) is 0 Å². The van der Waals surface area contributed by atoms with E-state index in [1.165, 1.54) is 0 Å². The molecule has 0 atom stereocenters. The molecule has 0 fully saturated rings. The van der Waals surface area contributed by atoms with Crippen molar-refractivity contribution in [2.24, 2.45) is 7.05 Å². The molecule has 0 aliphatic rings. The highest BCUT2D eigenvalue weighted by molar-refractivity contribution is 6.16. The molecule has 2 aromatic heterocycles. The van der Waals surface area contributed by atoms with Crippen molar-refractivity contribution < 1.29 is 0 Å². The van der Waals surface area contributed by atoms with Crippen LogP contribution >= 0.6 is 0 Å². The van der Waals surface area contributed by atoms with Gasteiger partial charge in [-0.2, -0.15) is 0 Å². The largest absolute Gasteiger partial charge is 0.339 e. The number of nitrogens with one attached hydrogen (secondary N) is 1. The molecule has 0 saturated carbocycles. The molecular formula is C24H18N2O. The van der Waals surface area contributed by atoms with Gasteiger partial charge in [0, 0.05) is 28.9 Å². The first-order chi connectivity index (χ1) is 13.3. The minimum absolute atomic E-state index is 0.0674. The number of H-pyrrole nitrogens is 1. The number of para-hydroxylation sites is 1. The average molecular weight is 350 g/mol. The van der Waals surface area contributed by atoms with Gasteiger partial charge in [0.2, 0.25) is 0 Å². The number of nitrogens with zero attached hydrogens (tertiary/aromatic N) is 1. The fourth-order valence-corrected chi connectivity index (χ4v) is 3.99. The maximum absolute atomic E-state index is 13.1. The van der Waals surface area contributed by atoms with Crippen molar-refractivity contribution in [3.63, 3.8) is 0 Å². The summed E-state index contributed by atoms with van der Waals surface area (Å²) in [4.78, 5) is 16.2. The van der Waals surface area contributed by atoms with E-state index in [0.29, 0.717) is 5.52 Å². The molecule has 0 unspecified atom stereocenters. The van der Waals surface area contributed by atoms with E-state index in [0.717, 1.165) is 38.7 Å². The first-order valence-corrected chi connectivity index (χ1v) is 9.00. The van der Waals surface area contributed by atoms with E-state index in [2.05, 4.69) is 29.2 Å². The summed E-state index contributed by atoms with van der Waals surface area (Å²) in [6.45, 7) is 0. The first kappa shape index (κ1) is 15.6. The summed E-state index contributed by atoms with van der Waals surface area (Å²) in [5, 5.41) is 2.10. The Kier molecular flexibility index (Phi) is 3.47. The Morgan fingerprint density at radius 2 is 1.33 bits per heavy atom. The second-order valence-electron chi connectivity index (χ2n) is 6.74. The number of aryl methyl sites for hydroxylation is 1. The summed E-state index contributed by atoms with van der Waals surface area (Å²) >= 11 is 0. The standard InChI is InChI=1S/C24H18N2O/c1-26-19-15-9-8-14-18(19)21-20(16-10-4-2-5-11-16)22(25-24(27)23(21)26)17-12-6-3-7-13-17/h2-15H,1H3,(H,25,27). The van der Waals surface area contributed by atoms with Gasteiger partial charge in [0.1, 0.15) is 5.52 Å². The number of hydrogen-bond donors (Lipinski definition) is 1. The lowest BCUT2D eigenvalue weighted by Crippen LogP contribution is -2.11. The number of pyridine rings is 1. The maximum Gasteiger partial charge on any atom is 0.272 e. The van der Waals surface area contributed by atoms with E-state index >= 15 is 0 Å². The van der Waals surface area contributed by atoms with Gasteiger partial charge < -0.3 is 9.55 Å². The van der Waals surface area contributed by atoms with Gasteiger partial charge >= 0.3 is 0 Å². The second kappa shape index (κ2) is 5.99. The van der Waals surface area contributed by atoms with E-state index in [1.807, 2.05) is 72.3 Å². The minimum Gasteiger partial charge on any atom is -0.339 e. The van der Waals surface area contributed by atoms with Crippen molar-refractivity contribution in [1.29, 1.82) is 0 Å². The van der Waals surface area contributed by atoms with Crippen LogP contribution in [0.2, 0.25) is 0 Å². The highest BCUT2D eigenvalue weighted by Crippen LogP contribution is 2.39. The van der Waals surface area contributed by atoms with E-state index in [9.17, 15) is 4.79 Å². The normalized spacial score (nSPS) is 11.3. The van der Waals surface area contributed by atoms with Crippen LogP contribution in [0.3, 0.4) is 0 Å². The molecule has 0 bridgehead atoms. The Balaban J connectivity index is 2.06. The van der Waals surface area contributed by atoms with Gasteiger partial charge in [-0.3, -0.25) is 4.79 Å². The van der Waals surface area contributed by atoms with E-state index in [-0.39, 0.29) is 5.56 Å². The van der Waals surface area contributed by atoms with Crippen LogP contribution in [-0.2, 0) is 7.05 Å². The summed E-state index contributed by atoms with van der Waals surface area (Å²) in [6.07, 6.45) is 0. The first-order valence-electron chi connectivity index (χ1n) is 9.00. The van der Waals surface area contributed by atoms with Crippen LogP contribution in [0.4, 0.5) is 0 Å². The van der Waals surface area contributed by atoms with Gasteiger partial charge in [-0.05, 0) is 17.2 Å². The van der Waals surface area contributed by atoms with Crippen LogP contribution in [-0.4, -0.2) is 9.55 Å². The molecule has 0 spiro atoms. The van der Waals surface area contributed by atoms with Gasteiger partial charge in [0.05, 0.1) is 5.69 Å². The molecule has 5 rings (SSSR count). The second-order valence-corrected chi connectivity index (χ2v) is 6.74. The average Bonchev–Trinajstić information content (AvgIpc) is 3.03.